The SMILES string of the molecule is CCOCCOC(=O)NCc1cn(CCOCCOC(C)=O)nn1. The third-order valence-electron chi connectivity index (χ3n) is 2.66. The molecule has 1 aromatic heterocycles. The second-order valence-corrected chi connectivity index (χ2v) is 4.61. The standard InChI is InChI=1S/C14H24N4O6/c1-3-21-6-9-24-14(20)15-10-13-11-18(17-16-13)4-5-22-7-8-23-12(2)19/h11H,3-10H2,1-2H3,(H,15,20). The van der Waals surface area contributed by atoms with Crippen LogP contribution in [0.2, 0.25) is 0 Å². The van der Waals surface area contributed by atoms with E-state index >= 15 is 0 Å². The predicted molar refractivity (Wildman–Crippen MR) is 82.2 cm³/mol. The van der Waals surface area contributed by atoms with Crippen LogP contribution in [0.5, 0.6) is 0 Å². The zero-order valence-electron chi connectivity index (χ0n) is 14.0. The first kappa shape index (κ1) is 19.8. The smallest absolute Gasteiger partial charge is 0.407 e. The molecular formula is C14H24N4O6. The number of carbonyl (C=O) groups excluding carboxylic acids is 2. The van der Waals surface area contributed by atoms with E-state index in [4.69, 9.17) is 18.9 Å². The Morgan fingerprint density at radius 1 is 1.12 bits per heavy atom. The summed E-state index contributed by atoms with van der Waals surface area (Å²) in [5, 5.41) is 10.4. The van der Waals surface area contributed by atoms with E-state index in [1.807, 2.05) is 6.92 Å². The first-order valence-electron chi connectivity index (χ1n) is 7.70. The fourth-order valence-electron chi connectivity index (χ4n) is 1.58. The van der Waals surface area contributed by atoms with Gasteiger partial charge >= 0.3 is 12.1 Å². The molecule has 24 heavy (non-hydrogen) atoms. The zero-order chi connectivity index (χ0) is 17.6. The Bertz CT molecular complexity index is 493. The minimum atomic E-state index is -0.530. The largest absolute Gasteiger partial charge is 0.463 e. The molecule has 10 heteroatoms. The van der Waals surface area contributed by atoms with Crippen molar-refractivity contribution < 1.29 is 28.5 Å². The van der Waals surface area contributed by atoms with Crippen LogP contribution in [0.15, 0.2) is 6.20 Å². The van der Waals surface area contributed by atoms with Crippen molar-refractivity contribution in [1.82, 2.24) is 20.3 Å². The molecule has 1 N–H and O–H groups in total. The van der Waals surface area contributed by atoms with Gasteiger partial charge in [-0.25, -0.2) is 9.48 Å². The quantitative estimate of drug-likeness (QED) is 0.420. The molecule has 1 heterocycles. The van der Waals surface area contributed by atoms with Crippen LogP contribution in [0, 0.1) is 0 Å². The van der Waals surface area contributed by atoms with E-state index in [9.17, 15) is 9.59 Å². The maximum Gasteiger partial charge on any atom is 0.407 e. The molecule has 0 aliphatic carbocycles. The minimum Gasteiger partial charge on any atom is -0.463 e. The van der Waals surface area contributed by atoms with Crippen LogP contribution in [0.1, 0.15) is 19.5 Å². The van der Waals surface area contributed by atoms with E-state index in [0.717, 1.165) is 0 Å². The highest BCUT2D eigenvalue weighted by Gasteiger charge is 2.05. The number of carbonyl (C=O) groups is 2. The van der Waals surface area contributed by atoms with Crippen molar-refractivity contribution >= 4 is 12.1 Å². The van der Waals surface area contributed by atoms with E-state index in [-0.39, 0.29) is 25.7 Å². The van der Waals surface area contributed by atoms with Gasteiger partial charge in [-0.15, -0.1) is 5.10 Å². The van der Waals surface area contributed by atoms with Gasteiger partial charge in [-0.1, -0.05) is 5.21 Å². The molecule has 0 aromatic carbocycles. The van der Waals surface area contributed by atoms with Crippen molar-refractivity contribution in [3.63, 3.8) is 0 Å². The normalized spacial score (nSPS) is 10.4. The molecule has 0 atom stereocenters. The van der Waals surface area contributed by atoms with Crippen molar-refractivity contribution in [3.05, 3.63) is 11.9 Å². The van der Waals surface area contributed by atoms with Gasteiger partial charge in [0.2, 0.25) is 0 Å². The molecular weight excluding hydrogens is 320 g/mol. The van der Waals surface area contributed by atoms with Crippen LogP contribution in [0.3, 0.4) is 0 Å². The lowest BCUT2D eigenvalue weighted by Gasteiger charge is -2.05. The number of rotatable bonds is 12. The highest BCUT2D eigenvalue weighted by molar-refractivity contribution is 5.67. The van der Waals surface area contributed by atoms with E-state index < -0.39 is 6.09 Å². The molecule has 0 aliphatic heterocycles. The van der Waals surface area contributed by atoms with Crippen molar-refractivity contribution in [3.8, 4) is 0 Å². The van der Waals surface area contributed by atoms with E-state index in [2.05, 4.69) is 15.6 Å². The Kier molecular flexibility index (Phi) is 10.1. The van der Waals surface area contributed by atoms with Gasteiger partial charge in [0.05, 0.1) is 39.1 Å². The molecule has 0 aliphatic rings. The van der Waals surface area contributed by atoms with Crippen LogP contribution in [0.4, 0.5) is 4.79 Å². The maximum atomic E-state index is 11.4. The van der Waals surface area contributed by atoms with E-state index in [1.165, 1.54) is 6.92 Å². The summed E-state index contributed by atoms with van der Waals surface area (Å²) in [5.41, 5.74) is 0.608. The van der Waals surface area contributed by atoms with Crippen LogP contribution in [0.25, 0.3) is 0 Å². The lowest BCUT2D eigenvalue weighted by molar-refractivity contribution is -0.142. The summed E-state index contributed by atoms with van der Waals surface area (Å²) in [5.74, 6) is -0.330. The van der Waals surface area contributed by atoms with Crippen LogP contribution in [-0.2, 0) is 36.8 Å². The number of hydrogen-bond acceptors (Lipinski definition) is 8. The van der Waals surface area contributed by atoms with Crippen LogP contribution in [-0.4, -0.2) is 66.7 Å². The Hall–Kier alpha value is -2.20. The number of alkyl carbamates (subject to hydrolysis) is 1. The minimum absolute atomic E-state index is 0.205. The molecule has 0 saturated carbocycles. The second kappa shape index (κ2) is 12.3. The first-order chi connectivity index (χ1) is 11.6. The Morgan fingerprint density at radius 2 is 1.88 bits per heavy atom. The molecule has 136 valence electrons. The highest BCUT2D eigenvalue weighted by Crippen LogP contribution is 1.94. The predicted octanol–water partition coefficient (Wildman–Crippen LogP) is 0.121. The third kappa shape index (κ3) is 9.74. The zero-order valence-corrected chi connectivity index (χ0v) is 14.0. The number of ether oxygens (including phenoxy) is 4. The van der Waals surface area contributed by atoms with E-state index in [1.54, 1.807) is 10.9 Å². The van der Waals surface area contributed by atoms with Gasteiger partial charge in [-0.05, 0) is 6.92 Å². The highest BCUT2D eigenvalue weighted by atomic mass is 16.6. The monoisotopic (exact) mass is 344 g/mol. The summed E-state index contributed by atoms with van der Waals surface area (Å²) >= 11 is 0. The summed E-state index contributed by atoms with van der Waals surface area (Å²) in [6.45, 7) is 6.08. The maximum absolute atomic E-state index is 11.4. The molecule has 0 unspecified atom stereocenters. The van der Waals surface area contributed by atoms with Gasteiger partial charge < -0.3 is 24.3 Å². The fourth-order valence-corrected chi connectivity index (χ4v) is 1.58. The van der Waals surface area contributed by atoms with Gasteiger partial charge in [0, 0.05) is 13.5 Å². The molecule has 1 rings (SSSR count). The van der Waals surface area contributed by atoms with Crippen LogP contribution < -0.4 is 5.32 Å². The Morgan fingerprint density at radius 3 is 2.62 bits per heavy atom. The van der Waals surface area contributed by atoms with Gasteiger partial charge in [0.1, 0.15) is 18.9 Å². The Labute approximate surface area is 140 Å². The number of aromatic nitrogens is 3. The third-order valence-corrected chi connectivity index (χ3v) is 2.66. The molecule has 10 nitrogen and oxygen atoms in total. The topological polar surface area (TPSA) is 114 Å². The number of amides is 1. The van der Waals surface area contributed by atoms with Crippen LogP contribution >= 0.6 is 0 Å². The Balaban J connectivity index is 2.10. The van der Waals surface area contributed by atoms with Gasteiger partial charge in [0.25, 0.3) is 0 Å². The number of nitrogens with one attached hydrogen (secondary N) is 1. The van der Waals surface area contributed by atoms with Crippen molar-refractivity contribution in [2.45, 2.75) is 26.9 Å². The molecule has 0 spiro atoms. The second-order valence-electron chi connectivity index (χ2n) is 4.61. The molecule has 0 saturated heterocycles. The molecule has 0 radical (unpaired) electrons. The summed E-state index contributed by atoms with van der Waals surface area (Å²) in [6.07, 6.45) is 1.17. The van der Waals surface area contributed by atoms with Crippen molar-refractivity contribution in [1.29, 1.82) is 0 Å². The first-order valence-corrected chi connectivity index (χ1v) is 7.70. The summed E-state index contributed by atoms with van der Waals surface area (Å²) in [7, 11) is 0. The summed E-state index contributed by atoms with van der Waals surface area (Å²) < 4.78 is 21.6. The molecule has 1 aromatic rings. The lowest BCUT2D eigenvalue weighted by Crippen LogP contribution is -2.25. The number of esters is 1. The number of nitrogens with zero attached hydrogens (tertiary/aromatic N) is 3. The van der Waals surface area contributed by atoms with Gasteiger partial charge in [-0.2, -0.15) is 0 Å². The summed E-state index contributed by atoms with van der Waals surface area (Å²) in [4.78, 5) is 22.0. The van der Waals surface area contributed by atoms with E-state index in [0.29, 0.717) is 38.7 Å². The molecule has 1 amide bonds. The van der Waals surface area contributed by atoms with Crippen molar-refractivity contribution in [2.24, 2.45) is 0 Å². The summed E-state index contributed by atoms with van der Waals surface area (Å²) in [6, 6.07) is 0. The average Bonchev–Trinajstić information content (AvgIpc) is 3.00. The molecule has 0 fully saturated rings. The molecule has 0 bridgehead atoms. The number of hydrogen-bond donors (Lipinski definition) is 1. The van der Waals surface area contributed by atoms with Gasteiger partial charge in [-0.3, -0.25) is 4.79 Å². The fraction of sp³-hybridized carbons (Fsp3) is 0.714. The van der Waals surface area contributed by atoms with Crippen molar-refractivity contribution in [2.75, 3.05) is 39.6 Å². The van der Waals surface area contributed by atoms with Gasteiger partial charge in [0.15, 0.2) is 0 Å². The average molecular weight is 344 g/mol. The lowest BCUT2D eigenvalue weighted by atomic mass is 10.5.